The molecule has 108 valence electrons. The molecule has 0 saturated carbocycles. The fraction of sp³-hybridized carbons (Fsp3) is 0.500. The van der Waals surface area contributed by atoms with E-state index in [1.807, 2.05) is 6.92 Å². The molecule has 6 nitrogen and oxygen atoms in total. The van der Waals surface area contributed by atoms with Gasteiger partial charge < -0.3 is 16.2 Å². The molecule has 7 heteroatoms. The molecule has 1 aromatic carbocycles. The van der Waals surface area contributed by atoms with Gasteiger partial charge in [-0.25, -0.2) is 13.1 Å². The molecule has 0 amide bonds. The van der Waals surface area contributed by atoms with Gasteiger partial charge in [-0.15, -0.1) is 0 Å². The number of nitrogens with one attached hydrogen (secondary N) is 2. The second kappa shape index (κ2) is 6.74. The summed E-state index contributed by atoms with van der Waals surface area (Å²) in [5, 5.41) is 12.2. The zero-order valence-corrected chi connectivity index (χ0v) is 12.0. The summed E-state index contributed by atoms with van der Waals surface area (Å²) >= 11 is 0. The van der Waals surface area contributed by atoms with Crippen LogP contribution in [0.25, 0.3) is 0 Å². The Morgan fingerprint density at radius 1 is 1.37 bits per heavy atom. The van der Waals surface area contributed by atoms with Crippen molar-refractivity contribution in [1.82, 2.24) is 4.72 Å². The lowest BCUT2D eigenvalue weighted by atomic mass is 10.2. The lowest BCUT2D eigenvalue weighted by Gasteiger charge is -2.18. The van der Waals surface area contributed by atoms with Gasteiger partial charge in [0, 0.05) is 12.6 Å². The Bertz CT molecular complexity index is 513. The van der Waals surface area contributed by atoms with Crippen LogP contribution in [0.15, 0.2) is 23.1 Å². The number of aliphatic hydroxyl groups is 1. The van der Waals surface area contributed by atoms with Crippen LogP contribution in [-0.4, -0.2) is 32.7 Å². The molecule has 1 aromatic rings. The van der Waals surface area contributed by atoms with Crippen molar-refractivity contribution in [2.45, 2.75) is 31.2 Å². The van der Waals surface area contributed by atoms with Crippen LogP contribution >= 0.6 is 0 Å². The van der Waals surface area contributed by atoms with Crippen LogP contribution in [0.3, 0.4) is 0 Å². The van der Waals surface area contributed by atoms with Crippen LogP contribution in [0.1, 0.15) is 20.3 Å². The van der Waals surface area contributed by atoms with Crippen molar-refractivity contribution in [1.29, 1.82) is 0 Å². The molecular formula is C12H21N3O3S. The molecule has 0 saturated heterocycles. The number of nitrogen functional groups attached to an aromatic ring is 1. The van der Waals surface area contributed by atoms with E-state index in [1.165, 1.54) is 18.2 Å². The first-order chi connectivity index (χ1) is 8.94. The van der Waals surface area contributed by atoms with Crippen molar-refractivity contribution < 1.29 is 13.5 Å². The molecule has 0 radical (unpaired) electrons. The maximum absolute atomic E-state index is 11.9. The SMILES string of the molecule is CCNS(=O)(=O)c1ccc(N)c(NC(CC)CO)c1. The molecule has 0 aliphatic rings. The summed E-state index contributed by atoms with van der Waals surface area (Å²) in [7, 11) is -3.51. The highest BCUT2D eigenvalue weighted by Gasteiger charge is 2.15. The number of rotatable bonds is 7. The predicted molar refractivity (Wildman–Crippen MR) is 76.5 cm³/mol. The lowest BCUT2D eigenvalue weighted by molar-refractivity contribution is 0.272. The van der Waals surface area contributed by atoms with Crippen molar-refractivity contribution in [3.8, 4) is 0 Å². The summed E-state index contributed by atoms with van der Waals surface area (Å²) in [5.41, 5.74) is 6.77. The molecule has 0 aliphatic heterocycles. The third-order valence-electron chi connectivity index (χ3n) is 2.74. The Morgan fingerprint density at radius 3 is 2.58 bits per heavy atom. The molecule has 5 N–H and O–H groups in total. The molecule has 0 fully saturated rings. The van der Waals surface area contributed by atoms with Crippen molar-refractivity contribution in [2.24, 2.45) is 0 Å². The van der Waals surface area contributed by atoms with Gasteiger partial charge in [-0.3, -0.25) is 0 Å². The van der Waals surface area contributed by atoms with Crippen molar-refractivity contribution in [2.75, 3.05) is 24.2 Å². The molecule has 1 atom stereocenters. The molecule has 19 heavy (non-hydrogen) atoms. The zero-order valence-electron chi connectivity index (χ0n) is 11.2. The van der Waals surface area contributed by atoms with Crippen molar-refractivity contribution in [3.63, 3.8) is 0 Å². The average molecular weight is 287 g/mol. The fourth-order valence-electron chi connectivity index (χ4n) is 1.60. The van der Waals surface area contributed by atoms with E-state index in [4.69, 9.17) is 10.8 Å². The zero-order chi connectivity index (χ0) is 14.5. The first-order valence-electron chi connectivity index (χ1n) is 6.21. The monoisotopic (exact) mass is 287 g/mol. The van der Waals surface area contributed by atoms with Gasteiger partial charge in [-0.2, -0.15) is 0 Å². The van der Waals surface area contributed by atoms with E-state index in [9.17, 15) is 8.42 Å². The Morgan fingerprint density at radius 2 is 2.05 bits per heavy atom. The van der Waals surface area contributed by atoms with E-state index in [2.05, 4.69) is 10.0 Å². The van der Waals surface area contributed by atoms with E-state index in [-0.39, 0.29) is 17.5 Å². The van der Waals surface area contributed by atoms with E-state index in [0.29, 0.717) is 24.3 Å². The quantitative estimate of drug-likeness (QED) is 0.554. The van der Waals surface area contributed by atoms with Crippen LogP contribution in [0.4, 0.5) is 11.4 Å². The normalized spacial score (nSPS) is 13.2. The van der Waals surface area contributed by atoms with Gasteiger partial charge in [-0.05, 0) is 24.6 Å². The number of sulfonamides is 1. The Labute approximate surface area is 114 Å². The number of nitrogens with two attached hydrogens (primary N) is 1. The first kappa shape index (κ1) is 15.7. The molecule has 0 bridgehead atoms. The molecule has 0 aliphatic carbocycles. The molecule has 0 heterocycles. The van der Waals surface area contributed by atoms with E-state index >= 15 is 0 Å². The van der Waals surface area contributed by atoms with Gasteiger partial charge in [0.15, 0.2) is 0 Å². The maximum atomic E-state index is 11.9. The van der Waals surface area contributed by atoms with Gasteiger partial charge in [0.05, 0.1) is 22.9 Å². The predicted octanol–water partition coefficient (Wildman–Crippen LogP) is 0.750. The number of aliphatic hydroxyl groups excluding tert-OH is 1. The van der Waals surface area contributed by atoms with E-state index < -0.39 is 10.0 Å². The number of benzene rings is 1. The van der Waals surface area contributed by atoms with Crippen molar-refractivity contribution >= 4 is 21.4 Å². The molecule has 1 rings (SSSR count). The minimum absolute atomic E-state index is 0.0415. The van der Waals surface area contributed by atoms with Crippen LogP contribution < -0.4 is 15.8 Å². The van der Waals surface area contributed by atoms with E-state index in [1.54, 1.807) is 6.92 Å². The Hall–Kier alpha value is -1.31. The smallest absolute Gasteiger partial charge is 0.240 e. The van der Waals surface area contributed by atoms with Gasteiger partial charge in [-0.1, -0.05) is 13.8 Å². The number of hydrogen-bond donors (Lipinski definition) is 4. The van der Waals surface area contributed by atoms with E-state index in [0.717, 1.165) is 0 Å². The second-order valence-corrected chi connectivity index (χ2v) is 5.95. The van der Waals surface area contributed by atoms with Crippen LogP contribution in [0, 0.1) is 0 Å². The Kier molecular flexibility index (Phi) is 5.59. The number of anilines is 2. The third kappa shape index (κ3) is 4.09. The van der Waals surface area contributed by atoms with Crippen LogP contribution in [0.2, 0.25) is 0 Å². The Balaban J connectivity index is 3.07. The molecule has 0 spiro atoms. The van der Waals surface area contributed by atoms with Crippen LogP contribution in [-0.2, 0) is 10.0 Å². The topological polar surface area (TPSA) is 104 Å². The first-order valence-corrected chi connectivity index (χ1v) is 7.69. The largest absolute Gasteiger partial charge is 0.397 e. The fourth-order valence-corrected chi connectivity index (χ4v) is 2.66. The highest BCUT2D eigenvalue weighted by molar-refractivity contribution is 7.89. The standard InChI is InChI=1S/C12H21N3O3S/c1-3-9(8-16)15-12-7-10(5-6-11(12)13)19(17,18)14-4-2/h5-7,9,14-16H,3-4,8,13H2,1-2H3. The summed E-state index contributed by atoms with van der Waals surface area (Å²) < 4.78 is 26.2. The van der Waals surface area contributed by atoms with Gasteiger partial charge in [0.2, 0.25) is 10.0 Å². The minimum atomic E-state index is -3.51. The minimum Gasteiger partial charge on any atom is -0.397 e. The van der Waals surface area contributed by atoms with Crippen molar-refractivity contribution in [3.05, 3.63) is 18.2 Å². The van der Waals surface area contributed by atoms with Gasteiger partial charge >= 0.3 is 0 Å². The number of hydrogen-bond acceptors (Lipinski definition) is 5. The summed E-state index contributed by atoms with van der Waals surface area (Å²) in [4.78, 5) is 0.152. The highest BCUT2D eigenvalue weighted by Crippen LogP contribution is 2.23. The van der Waals surface area contributed by atoms with Gasteiger partial charge in [0.25, 0.3) is 0 Å². The maximum Gasteiger partial charge on any atom is 0.240 e. The molecule has 0 aromatic heterocycles. The highest BCUT2D eigenvalue weighted by atomic mass is 32.2. The second-order valence-electron chi connectivity index (χ2n) is 4.18. The summed E-state index contributed by atoms with van der Waals surface area (Å²) in [6, 6.07) is 4.32. The third-order valence-corrected chi connectivity index (χ3v) is 4.29. The summed E-state index contributed by atoms with van der Waals surface area (Å²) in [6.07, 6.45) is 0.708. The van der Waals surface area contributed by atoms with Crippen LogP contribution in [0.5, 0.6) is 0 Å². The molecule has 1 unspecified atom stereocenters. The summed E-state index contributed by atoms with van der Waals surface area (Å²) in [6.45, 7) is 3.92. The summed E-state index contributed by atoms with van der Waals surface area (Å²) in [5.74, 6) is 0. The molecular weight excluding hydrogens is 266 g/mol. The average Bonchev–Trinajstić information content (AvgIpc) is 2.37. The lowest BCUT2D eigenvalue weighted by Crippen LogP contribution is -2.25. The van der Waals surface area contributed by atoms with Gasteiger partial charge in [0.1, 0.15) is 0 Å².